The molecule has 0 aliphatic carbocycles. The van der Waals surface area contributed by atoms with Crippen molar-refractivity contribution in [1.82, 2.24) is 9.97 Å². The van der Waals surface area contributed by atoms with Crippen LogP contribution in [-0.4, -0.2) is 41.7 Å². The first-order valence-electron chi connectivity index (χ1n) is 8.77. The number of carbonyl (C=O) groups excluding carboxylic acids is 2. The lowest BCUT2D eigenvalue weighted by molar-refractivity contribution is -0.156. The highest BCUT2D eigenvalue weighted by molar-refractivity contribution is 9.10. The summed E-state index contributed by atoms with van der Waals surface area (Å²) in [5.41, 5.74) is 2.29. The van der Waals surface area contributed by atoms with Crippen LogP contribution in [0.5, 0.6) is 0 Å². The number of esters is 2. The average Bonchev–Trinajstić information content (AvgIpc) is 3.07. The molecular weight excluding hydrogens is 414 g/mol. The van der Waals surface area contributed by atoms with E-state index in [9.17, 15) is 9.59 Å². The fourth-order valence-corrected chi connectivity index (χ4v) is 3.72. The predicted molar refractivity (Wildman–Crippen MR) is 103 cm³/mol. The number of anilines is 2. The third-order valence-corrected chi connectivity index (χ3v) is 4.66. The number of hydrogen-bond donors (Lipinski definition) is 0. The van der Waals surface area contributed by atoms with E-state index in [2.05, 4.69) is 25.9 Å². The van der Waals surface area contributed by atoms with Crippen molar-refractivity contribution in [3.05, 3.63) is 46.2 Å². The molecule has 1 aliphatic heterocycles. The third kappa shape index (κ3) is 3.95. The van der Waals surface area contributed by atoms with Crippen molar-refractivity contribution in [3.63, 3.8) is 0 Å². The maximum atomic E-state index is 12.6. The highest BCUT2D eigenvalue weighted by atomic mass is 79.9. The standard InChI is InChI=1S/C19H20BrN3O4/c1-3-26-17(24)15(18(25)27-4-2)14-11-13(20)10-12-6-9-23(16(12)14)19-21-7-5-8-22-19/h5,7-8,10-11,15H,3-4,6,9H2,1-2H3. The van der Waals surface area contributed by atoms with Crippen molar-refractivity contribution >= 4 is 39.5 Å². The Morgan fingerprint density at radius 1 is 1.15 bits per heavy atom. The van der Waals surface area contributed by atoms with Gasteiger partial charge in [-0.25, -0.2) is 9.97 Å². The second kappa shape index (κ2) is 8.47. The Balaban J connectivity index is 2.13. The van der Waals surface area contributed by atoms with Crippen LogP contribution < -0.4 is 4.90 Å². The number of benzene rings is 1. The molecule has 3 rings (SSSR count). The summed E-state index contributed by atoms with van der Waals surface area (Å²) in [7, 11) is 0. The zero-order chi connectivity index (χ0) is 19.4. The molecule has 0 N–H and O–H groups in total. The molecule has 0 atom stereocenters. The van der Waals surface area contributed by atoms with Gasteiger partial charge in [-0.15, -0.1) is 0 Å². The number of aromatic nitrogens is 2. The van der Waals surface area contributed by atoms with E-state index >= 15 is 0 Å². The smallest absolute Gasteiger partial charge is 0.324 e. The van der Waals surface area contributed by atoms with Gasteiger partial charge >= 0.3 is 11.9 Å². The van der Waals surface area contributed by atoms with Gasteiger partial charge in [0.15, 0.2) is 5.92 Å². The van der Waals surface area contributed by atoms with Gasteiger partial charge < -0.3 is 14.4 Å². The lowest BCUT2D eigenvalue weighted by Crippen LogP contribution is -2.28. The highest BCUT2D eigenvalue weighted by Crippen LogP contribution is 2.41. The van der Waals surface area contributed by atoms with Crippen LogP contribution in [0.15, 0.2) is 35.1 Å². The third-order valence-electron chi connectivity index (χ3n) is 4.21. The van der Waals surface area contributed by atoms with E-state index in [0.29, 0.717) is 18.1 Å². The van der Waals surface area contributed by atoms with Crippen LogP contribution in [0, 0.1) is 0 Å². The number of halogens is 1. The molecule has 0 unspecified atom stereocenters. The minimum absolute atomic E-state index is 0.177. The summed E-state index contributed by atoms with van der Waals surface area (Å²) in [6, 6.07) is 5.48. The zero-order valence-electron chi connectivity index (χ0n) is 15.1. The normalized spacial score (nSPS) is 12.8. The van der Waals surface area contributed by atoms with Gasteiger partial charge in [-0.2, -0.15) is 0 Å². The molecule has 1 aliphatic rings. The van der Waals surface area contributed by atoms with Gasteiger partial charge in [0.25, 0.3) is 0 Å². The Morgan fingerprint density at radius 3 is 2.37 bits per heavy atom. The first kappa shape index (κ1) is 19.3. The van der Waals surface area contributed by atoms with Gasteiger partial charge in [0.1, 0.15) is 0 Å². The molecule has 0 amide bonds. The van der Waals surface area contributed by atoms with Crippen molar-refractivity contribution in [2.24, 2.45) is 0 Å². The minimum atomic E-state index is -1.17. The van der Waals surface area contributed by atoms with Crippen LogP contribution in [0.2, 0.25) is 0 Å². The van der Waals surface area contributed by atoms with Gasteiger partial charge in [0.2, 0.25) is 5.95 Å². The van der Waals surface area contributed by atoms with Crippen molar-refractivity contribution in [3.8, 4) is 0 Å². The van der Waals surface area contributed by atoms with Crippen molar-refractivity contribution in [2.75, 3.05) is 24.7 Å². The molecule has 0 saturated carbocycles. The van der Waals surface area contributed by atoms with E-state index in [4.69, 9.17) is 9.47 Å². The molecular formula is C19H20BrN3O4. The second-order valence-corrected chi connectivity index (χ2v) is 6.81. The van der Waals surface area contributed by atoms with E-state index in [1.807, 2.05) is 11.0 Å². The van der Waals surface area contributed by atoms with Crippen molar-refractivity contribution in [1.29, 1.82) is 0 Å². The van der Waals surface area contributed by atoms with E-state index in [1.165, 1.54) is 0 Å². The molecule has 7 nitrogen and oxygen atoms in total. The largest absolute Gasteiger partial charge is 0.465 e. The molecule has 142 valence electrons. The van der Waals surface area contributed by atoms with Crippen LogP contribution in [0.4, 0.5) is 11.6 Å². The predicted octanol–water partition coefficient (Wildman–Crippen LogP) is 3.14. The maximum absolute atomic E-state index is 12.6. The molecule has 1 aromatic heterocycles. The Hall–Kier alpha value is -2.48. The summed E-state index contributed by atoms with van der Waals surface area (Å²) < 4.78 is 11.1. The second-order valence-electron chi connectivity index (χ2n) is 5.89. The van der Waals surface area contributed by atoms with E-state index < -0.39 is 17.9 Å². The van der Waals surface area contributed by atoms with E-state index in [-0.39, 0.29) is 13.2 Å². The topological polar surface area (TPSA) is 81.6 Å². The quantitative estimate of drug-likeness (QED) is 0.510. The first-order chi connectivity index (χ1) is 13.1. The molecule has 0 radical (unpaired) electrons. The van der Waals surface area contributed by atoms with Gasteiger partial charge in [-0.3, -0.25) is 9.59 Å². The van der Waals surface area contributed by atoms with Crippen LogP contribution in [0.1, 0.15) is 30.9 Å². The Labute approximate surface area is 165 Å². The molecule has 2 heterocycles. The monoisotopic (exact) mass is 433 g/mol. The van der Waals surface area contributed by atoms with Crippen LogP contribution in [-0.2, 0) is 25.5 Å². The number of carbonyl (C=O) groups is 2. The highest BCUT2D eigenvalue weighted by Gasteiger charge is 2.38. The Bertz CT molecular complexity index is 826. The molecule has 0 bridgehead atoms. The van der Waals surface area contributed by atoms with E-state index in [0.717, 1.165) is 22.1 Å². The number of rotatable bonds is 6. The molecule has 1 aromatic carbocycles. The number of hydrogen-bond acceptors (Lipinski definition) is 7. The van der Waals surface area contributed by atoms with Gasteiger partial charge in [0, 0.05) is 29.0 Å². The van der Waals surface area contributed by atoms with Gasteiger partial charge in [-0.05, 0) is 44.0 Å². The van der Waals surface area contributed by atoms with Crippen LogP contribution >= 0.6 is 15.9 Å². The summed E-state index contributed by atoms with van der Waals surface area (Å²) in [5, 5.41) is 0. The molecule has 0 saturated heterocycles. The Kier molecular flexibility index (Phi) is 6.05. The minimum Gasteiger partial charge on any atom is -0.465 e. The molecule has 0 spiro atoms. The maximum Gasteiger partial charge on any atom is 0.324 e. The van der Waals surface area contributed by atoms with Gasteiger partial charge in [0.05, 0.1) is 18.9 Å². The Morgan fingerprint density at radius 2 is 1.78 bits per heavy atom. The summed E-state index contributed by atoms with van der Waals surface area (Å²) in [6.45, 7) is 4.42. The van der Waals surface area contributed by atoms with Gasteiger partial charge in [-0.1, -0.05) is 15.9 Å². The lowest BCUT2D eigenvalue weighted by Gasteiger charge is -2.23. The summed E-state index contributed by atoms with van der Waals surface area (Å²) in [5.74, 6) is -1.90. The van der Waals surface area contributed by atoms with Crippen LogP contribution in [0.3, 0.4) is 0 Å². The summed E-state index contributed by atoms with van der Waals surface area (Å²) in [6.07, 6.45) is 4.07. The number of ether oxygens (including phenoxy) is 2. The lowest BCUT2D eigenvalue weighted by atomic mass is 9.94. The van der Waals surface area contributed by atoms with Crippen molar-refractivity contribution in [2.45, 2.75) is 26.2 Å². The number of fused-ring (bicyclic) bond motifs is 1. The first-order valence-corrected chi connectivity index (χ1v) is 9.56. The fraction of sp³-hybridized carbons (Fsp3) is 0.368. The zero-order valence-corrected chi connectivity index (χ0v) is 16.7. The average molecular weight is 434 g/mol. The summed E-state index contributed by atoms with van der Waals surface area (Å²) >= 11 is 3.48. The molecule has 0 fully saturated rings. The molecule has 2 aromatic rings. The SMILES string of the molecule is CCOC(=O)C(C(=O)OCC)c1cc(Br)cc2c1N(c1ncccn1)CC2. The number of nitrogens with zero attached hydrogens (tertiary/aromatic N) is 3. The summed E-state index contributed by atoms with van der Waals surface area (Å²) in [4.78, 5) is 35.8. The fourth-order valence-electron chi connectivity index (χ4n) is 3.19. The molecule has 27 heavy (non-hydrogen) atoms. The van der Waals surface area contributed by atoms with E-state index in [1.54, 1.807) is 38.4 Å². The molecule has 8 heteroatoms. The van der Waals surface area contributed by atoms with Crippen molar-refractivity contribution < 1.29 is 19.1 Å². The van der Waals surface area contributed by atoms with Crippen LogP contribution in [0.25, 0.3) is 0 Å².